The Morgan fingerprint density at radius 3 is 2.61 bits per heavy atom. The van der Waals surface area contributed by atoms with Gasteiger partial charge in [0.25, 0.3) is 0 Å². The first-order chi connectivity index (χ1) is 14.7. The molecule has 0 unspecified atom stereocenters. The van der Waals surface area contributed by atoms with E-state index < -0.39 is 11.7 Å². The molecule has 3 aromatic rings. The molecule has 0 saturated heterocycles. The van der Waals surface area contributed by atoms with Gasteiger partial charge in [-0.2, -0.15) is 0 Å². The molecule has 0 amide bonds. The van der Waals surface area contributed by atoms with E-state index in [2.05, 4.69) is 0 Å². The zero-order valence-corrected chi connectivity index (χ0v) is 19.9. The molecule has 1 atom stereocenters. The molecule has 164 valence electrons. The Morgan fingerprint density at radius 2 is 1.94 bits per heavy atom. The molecule has 1 aromatic carbocycles. The minimum Gasteiger partial charge on any atom is -0.392 e. The Morgan fingerprint density at radius 1 is 1.23 bits per heavy atom. The highest BCUT2D eigenvalue weighted by Gasteiger charge is 2.32. The monoisotopic (exact) mass is 437 g/mol. The van der Waals surface area contributed by atoms with E-state index in [0.29, 0.717) is 0 Å². The minimum absolute atomic E-state index is 0.0361. The first-order valence-corrected chi connectivity index (χ1v) is 11.8. The number of carbonyl (C=O) groups is 1. The van der Waals surface area contributed by atoms with Gasteiger partial charge in [0.15, 0.2) is 5.78 Å². The SMILES string of the molecule is CC(=O)[C@@H](OC(C)(C)C)c1c(C)nc2sc3c(c2c1-c1ccccc1CO)CCCC3. The summed E-state index contributed by atoms with van der Waals surface area (Å²) in [7, 11) is 0. The normalized spacial score (nSPS) is 15.2. The van der Waals surface area contributed by atoms with Crippen molar-refractivity contribution in [3.8, 4) is 11.1 Å². The number of ketones is 1. The Labute approximate surface area is 188 Å². The van der Waals surface area contributed by atoms with Crippen LogP contribution >= 0.6 is 11.3 Å². The number of ether oxygens (including phenoxy) is 1. The van der Waals surface area contributed by atoms with E-state index in [1.54, 1.807) is 18.3 Å². The van der Waals surface area contributed by atoms with Crippen LogP contribution in [0, 0.1) is 6.92 Å². The molecular weight excluding hydrogens is 406 g/mol. The highest BCUT2D eigenvalue weighted by molar-refractivity contribution is 7.19. The number of aromatic nitrogens is 1. The average molecular weight is 438 g/mol. The highest BCUT2D eigenvalue weighted by atomic mass is 32.1. The highest BCUT2D eigenvalue weighted by Crippen LogP contribution is 2.46. The molecule has 0 spiro atoms. The van der Waals surface area contributed by atoms with Crippen LogP contribution in [0.15, 0.2) is 24.3 Å². The number of aryl methyl sites for hydroxylation is 3. The molecule has 0 fully saturated rings. The number of carbonyl (C=O) groups excluding carboxylic acids is 1. The molecule has 1 aliphatic carbocycles. The molecule has 2 aromatic heterocycles. The first-order valence-electron chi connectivity index (χ1n) is 11.0. The molecule has 0 radical (unpaired) electrons. The Bertz CT molecular complexity index is 1140. The molecule has 0 saturated carbocycles. The summed E-state index contributed by atoms with van der Waals surface area (Å²) in [5.41, 5.74) is 5.35. The summed E-state index contributed by atoms with van der Waals surface area (Å²) in [6.45, 7) is 9.41. The van der Waals surface area contributed by atoms with Crippen LogP contribution in [0.5, 0.6) is 0 Å². The number of rotatable bonds is 5. The molecule has 1 aliphatic rings. The molecule has 0 aliphatic heterocycles. The Kier molecular flexibility index (Phi) is 6.03. The first kappa shape index (κ1) is 22.1. The van der Waals surface area contributed by atoms with Gasteiger partial charge in [-0.3, -0.25) is 4.79 Å². The van der Waals surface area contributed by atoms with E-state index in [-0.39, 0.29) is 12.4 Å². The van der Waals surface area contributed by atoms with Gasteiger partial charge in [0.1, 0.15) is 10.9 Å². The van der Waals surface area contributed by atoms with Gasteiger partial charge >= 0.3 is 0 Å². The molecule has 2 heterocycles. The number of nitrogens with zero attached hydrogens (tertiary/aromatic N) is 1. The van der Waals surface area contributed by atoms with Crippen LogP contribution in [0.1, 0.15) is 73.9 Å². The van der Waals surface area contributed by atoms with Gasteiger partial charge in [-0.05, 0) is 77.0 Å². The second kappa shape index (κ2) is 8.45. The zero-order valence-electron chi connectivity index (χ0n) is 19.0. The van der Waals surface area contributed by atoms with Crippen molar-refractivity contribution >= 4 is 27.3 Å². The second-order valence-electron chi connectivity index (χ2n) is 9.41. The largest absolute Gasteiger partial charge is 0.392 e. The maximum Gasteiger partial charge on any atom is 0.163 e. The summed E-state index contributed by atoms with van der Waals surface area (Å²) in [6, 6.07) is 7.93. The van der Waals surface area contributed by atoms with Crippen LogP contribution in [-0.4, -0.2) is 21.5 Å². The van der Waals surface area contributed by atoms with E-state index in [0.717, 1.165) is 57.4 Å². The zero-order chi connectivity index (χ0) is 22.3. The predicted octanol–water partition coefficient (Wildman–Crippen LogP) is 6.09. The number of hydrogen-bond acceptors (Lipinski definition) is 5. The van der Waals surface area contributed by atoms with Crippen LogP contribution in [0.2, 0.25) is 0 Å². The summed E-state index contributed by atoms with van der Waals surface area (Å²) < 4.78 is 6.32. The van der Waals surface area contributed by atoms with E-state index in [4.69, 9.17) is 9.72 Å². The number of hydrogen-bond donors (Lipinski definition) is 1. The summed E-state index contributed by atoms with van der Waals surface area (Å²) >= 11 is 1.78. The number of fused-ring (bicyclic) bond motifs is 3. The molecule has 0 bridgehead atoms. The third-order valence-corrected chi connectivity index (χ3v) is 7.08. The van der Waals surface area contributed by atoms with E-state index in [9.17, 15) is 9.90 Å². The van der Waals surface area contributed by atoms with E-state index >= 15 is 0 Å². The predicted molar refractivity (Wildman–Crippen MR) is 127 cm³/mol. The summed E-state index contributed by atoms with van der Waals surface area (Å²) in [5, 5.41) is 11.3. The molecule has 1 N–H and O–H groups in total. The van der Waals surface area contributed by atoms with Gasteiger partial charge in [-0.25, -0.2) is 4.98 Å². The molecular formula is C26H31NO3S. The van der Waals surface area contributed by atoms with E-state index in [1.807, 2.05) is 52.0 Å². The summed E-state index contributed by atoms with van der Waals surface area (Å²) in [6.07, 6.45) is 3.77. The van der Waals surface area contributed by atoms with Crippen molar-refractivity contribution in [3.05, 3.63) is 51.5 Å². The number of Topliss-reactive ketones (excluding diaryl/α,β-unsaturated/α-hetero) is 1. The van der Waals surface area contributed by atoms with Crippen LogP contribution in [0.3, 0.4) is 0 Å². The van der Waals surface area contributed by atoms with Crippen LogP contribution < -0.4 is 0 Å². The lowest BCUT2D eigenvalue weighted by atomic mass is 9.86. The fourth-order valence-electron chi connectivity index (χ4n) is 4.62. The number of pyridine rings is 1. The van der Waals surface area contributed by atoms with Crippen molar-refractivity contribution in [1.82, 2.24) is 4.98 Å². The lowest BCUT2D eigenvalue weighted by molar-refractivity contribution is -0.138. The number of aliphatic hydroxyl groups is 1. The van der Waals surface area contributed by atoms with Crippen molar-refractivity contribution in [2.24, 2.45) is 0 Å². The van der Waals surface area contributed by atoms with Crippen LogP contribution in [0.4, 0.5) is 0 Å². The summed E-state index contributed by atoms with van der Waals surface area (Å²) in [5.74, 6) is -0.0361. The Hall–Kier alpha value is -2.08. The maximum absolute atomic E-state index is 12.9. The fraction of sp³-hybridized carbons (Fsp3) is 0.462. The van der Waals surface area contributed by atoms with Crippen LogP contribution in [0.25, 0.3) is 21.3 Å². The minimum atomic E-state index is -0.710. The fourth-order valence-corrected chi connectivity index (χ4v) is 5.93. The topological polar surface area (TPSA) is 59.4 Å². The lowest BCUT2D eigenvalue weighted by Gasteiger charge is -2.29. The molecule has 4 nitrogen and oxygen atoms in total. The average Bonchev–Trinajstić information content (AvgIpc) is 3.08. The molecule has 4 rings (SSSR count). The summed E-state index contributed by atoms with van der Waals surface area (Å²) in [4.78, 5) is 20.3. The van der Waals surface area contributed by atoms with E-state index in [1.165, 1.54) is 16.9 Å². The maximum atomic E-state index is 12.9. The lowest BCUT2D eigenvalue weighted by Crippen LogP contribution is -2.27. The molecule has 5 heteroatoms. The van der Waals surface area contributed by atoms with Gasteiger partial charge in [0.2, 0.25) is 0 Å². The third kappa shape index (κ3) is 4.19. The van der Waals surface area contributed by atoms with Gasteiger partial charge in [-0.15, -0.1) is 11.3 Å². The number of benzene rings is 1. The number of aliphatic hydroxyl groups excluding tert-OH is 1. The van der Waals surface area contributed by atoms with Crippen molar-refractivity contribution in [1.29, 1.82) is 0 Å². The van der Waals surface area contributed by atoms with Crippen molar-refractivity contribution in [2.45, 2.75) is 78.6 Å². The van der Waals surface area contributed by atoms with Crippen molar-refractivity contribution in [2.75, 3.05) is 0 Å². The van der Waals surface area contributed by atoms with Crippen molar-refractivity contribution in [3.63, 3.8) is 0 Å². The Balaban J connectivity index is 2.12. The quantitative estimate of drug-likeness (QED) is 0.525. The standard InChI is InChI=1S/C26H31NO3S/c1-15-21(24(16(2)29)30-26(3,4)5)22(18-11-7-6-10-17(18)14-28)23-19-12-8-9-13-20(19)31-25(23)27-15/h6-7,10-11,24,28H,8-9,12-14H2,1-5H3/t24-/m1/s1. The van der Waals surface area contributed by atoms with Gasteiger partial charge in [0.05, 0.1) is 12.2 Å². The second-order valence-corrected chi connectivity index (χ2v) is 10.5. The van der Waals surface area contributed by atoms with Gasteiger partial charge in [-0.1, -0.05) is 24.3 Å². The van der Waals surface area contributed by atoms with Gasteiger partial charge < -0.3 is 9.84 Å². The smallest absolute Gasteiger partial charge is 0.163 e. The van der Waals surface area contributed by atoms with Crippen LogP contribution in [-0.2, 0) is 29.0 Å². The number of thiophene rings is 1. The molecule has 31 heavy (non-hydrogen) atoms. The third-order valence-electron chi connectivity index (χ3n) is 5.89. The van der Waals surface area contributed by atoms with Gasteiger partial charge in [0, 0.05) is 27.1 Å². The van der Waals surface area contributed by atoms with Crippen molar-refractivity contribution < 1.29 is 14.6 Å².